The van der Waals surface area contributed by atoms with Crippen molar-refractivity contribution in [1.82, 2.24) is 10.3 Å². The quantitative estimate of drug-likeness (QED) is 0.767. The predicted octanol–water partition coefficient (Wildman–Crippen LogP) is 3.13. The average molecular weight is 249 g/mol. The van der Waals surface area contributed by atoms with E-state index in [1.54, 1.807) is 0 Å². The highest BCUT2D eigenvalue weighted by molar-refractivity contribution is 5.41. The first-order valence-corrected chi connectivity index (χ1v) is 7.15. The molecule has 0 spiro atoms. The lowest BCUT2D eigenvalue weighted by Gasteiger charge is -2.22. The summed E-state index contributed by atoms with van der Waals surface area (Å²) < 4.78 is 0. The molecule has 0 aliphatic heterocycles. The number of hydrogen-bond donors (Lipinski definition) is 1. The smallest absolute Gasteiger partial charge is 0.128 e. The van der Waals surface area contributed by atoms with Crippen LogP contribution in [0, 0.1) is 6.92 Å². The summed E-state index contributed by atoms with van der Waals surface area (Å²) in [5.74, 6) is 1.11. The van der Waals surface area contributed by atoms with Gasteiger partial charge in [-0.25, -0.2) is 4.98 Å². The van der Waals surface area contributed by atoms with Crippen LogP contribution in [0.5, 0.6) is 0 Å². The molecule has 1 N–H and O–H groups in total. The van der Waals surface area contributed by atoms with E-state index < -0.39 is 0 Å². The second-order valence-corrected chi connectivity index (χ2v) is 4.63. The van der Waals surface area contributed by atoms with Crippen LogP contribution in [0.4, 0.5) is 5.82 Å². The molecule has 0 aliphatic carbocycles. The molecule has 0 aromatic carbocycles. The third kappa shape index (κ3) is 4.30. The van der Waals surface area contributed by atoms with E-state index in [1.807, 2.05) is 0 Å². The van der Waals surface area contributed by atoms with Crippen molar-refractivity contribution in [1.29, 1.82) is 0 Å². The van der Waals surface area contributed by atoms with E-state index in [0.29, 0.717) is 0 Å². The summed E-state index contributed by atoms with van der Waals surface area (Å²) in [5, 5.41) is 3.35. The number of hydrogen-bond acceptors (Lipinski definition) is 3. The van der Waals surface area contributed by atoms with Gasteiger partial charge in [0.1, 0.15) is 5.82 Å². The predicted molar refractivity (Wildman–Crippen MR) is 79.1 cm³/mol. The maximum Gasteiger partial charge on any atom is 0.128 e. The van der Waals surface area contributed by atoms with Crippen molar-refractivity contribution in [2.75, 3.05) is 24.5 Å². The number of unbranched alkanes of at least 4 members (excludes halogenated alkanes) is 1. The van der Waals surface area contributed by atoms with Crippen LogP contribution < -0.4 is 10.2 Å². The van der Waals surface area contributed by atoms with Crippen molar-refractivity contribution in [3.63, 3.8) is 0 Å². The minimum Gasteiger partial charge on any atom is -0.357 e. The summed E-state index contributed by atoms with van der Waals surface area (Å²) in [6, 6.07) is 4.35. The summed E-state index contributed by atoms with van der Waals surface area (Å²) in [5.41, 5.74) is 2.44. The highest BCUT2D eigenvalue weighted by Gasteiger charge is 2.07. The third-order valence-corrected chi connectivity index (χ3v) is 3.23. The monoisotopic (exact) mass is 249 g/mol. The molecule has 1 heterocycles. The fourth-order valence-electron chi connectivity index (χ4n) is 1.98. The lowest BCUT2D eigenvalue weighted by Crippen LogP contribution is -2.25. The van der Waals surface area contributed by atoms with Gasteiger partial charge in [0.2, 0.25) is 0 Å². The Labute approximate surface area is 112 Å². The lowest BCUT2D eigenvalue weighted by atomic mass is 10.2. The molecule has 0 fully saturated rings. The van der Waals surface area contributed by atoms with E-state index >= 15 is 0 Å². The summed E-state index contributed by atoms with van der Waals surface area (Å²) in [6.07, 6.45) is 2.46. The van der Waals surface area contributed by atoms with Crippen molar-refractivity contribution in [3.05, 3.63) is 23.4 Å². The first-order chi connectivity index (χ1) is 8.72. The van der Waals surface area contributed by atoms with Crippen molar-refractivity contribution in [2.45, 2.75) is 47.1 Å². The Hall–Kier alpha value is -1.09. The Morgan fingerprint density at radius 1 is 1.22 bits per heavy atom. The zero-order valence-electron chi connectivity index (χ0n) is 12.3. The van der Waals surface area contributed by atoms with Gasteiger partial charge >= 0.3 is 0 Å². The van der Waals surface area contributed by atoms with Gasteiger partial charge in [-0.15, -0.1) is 0 Å². The van der Waals surface area contributed by atoms with E-state index in [-0.39, 0.29) is 0 Å². The second kappa shape index (κ2) is 8.09. The van der Waals surface area contributed by atoms with Gasteiger partial charge in [0.05, 0.1) is 0 Å². The van der Waals surface area contributed by atoms with Crippen LogP contribution in [0.15, 0.2) is 12.1 Å². The molecule has 0 saturated carbocycles. The van der Waals surface area contributed by atoms with Crippen LogP contribution in [0.3, 0.4) is 0 Å². The molecule has 0 unspecified atom stereocenters. The molecule has 1 rings (SSSR count). The molecule has 0 aliphatic rings. The van der Waals surface area contributed by atoms with Crippen LogP contribution in [0.2, 0.25) is 0 Å². The maximum absolute atomic E-state index is 4.74. The standard InChI is InChI=1S/C15H27N3/c1-5-8-11-18(7-3)15-10-9-14(12-16-6-2)13(4)17-15/h9-10,16H,5-8,11-12H2,1-4H3. The number of aromatic nitrogens is 1. The minimum atomic E-state index is 0.913. The zero-order valence-corrected chi connectivity index (χ0v) is 12.3. The number of anilines is 1. The van der Waals surface area contributed by atoms with Gasteiger partial charge < -0.3 is 10.2 Å². The number of nitrogens with zero attached hydrogens (tertiary/aromatic N) is 2. The molecule has 0 amide bonds. The Morgan fingerprint density at radius 3 is 2.56 bits per heavy atom. The lowest BCUT2D eigenvalue weighted by molar-refractivity contribution is 0.709. The highest BCUT2D eigenvalue weighted by Crippen LogP contribution is 2.15. The van der Waals surface area contributed by atoms with Crippen LogP contribution in [0.25, 0.3) is 0 Å². The Balaban J connectivity index is 2.74. The van der Waals surface area contributed by atoms with E-state index in [0.717, 1.165) is 37.7 Å². The fourth-order valence-corrected chi connectivity index (χ4v) is 1.98. The maximum atomic E-state index is 4.74. The van der Waals surface area contributed by atoms with E-state index in [1.165, 1.54) is 18.4 Å². The molecule has 102 valence electrons. The van der Waals surface area contributed by atoms with Crippen molar-refractivity contribution >= 4 is 5.82 Å². The first kappa shape index (κ1) is 15.0. The van der Waals surface area contributed by atoms with Gasteiger partial charge in [-0.3, -0.25) is 0 Å². The Kier molecular flexibility index (Phi) is 6.73. The SMILES string of the molecule is CCCCN(CC)c1ccc(CNCC)c(C)n1. The summed E-state index contributed by atoms with van der Waals surface area (Å²) in [4.78, 5) is 7.09. The molecule has 1 aromatic rings. The Bertz CT molecular complexity index is 350. The molecule has 0 saturated heterocycles. The molecule has 3 heteroatoms. The molecule has 0 bridgehead atoms. The molecular formula is C15H27N3. The van der Waals surface area contributed by atoms with E-state index in [9.17, 15) is 0 Å². The van der Waals surface area contributed by atoms with Crippen LogP contribution in [-0.2, 0) is 6.54 Å². The summed E-state index contributed by atoms with van der Waals surface area (Å²) in [6.45, 7) is 12.7. The molecule has 0 atom stereocenters. The second-order valence-electron chi connectivity index (χ2n) is 4.63. The average Bonchev–Trinajstić information content (AvgIpc) is 2.38. The number of rotatable bonds is 8. The van der Waals surface area contributed by atoms with Gasteiger partial charge in [0.15, 0.2) is 0 Å². The zero-order chi connectivity index (χ0) is 13.4. The molecule has 0 radical (unpaired) electrons. The first-order valence-electron chi connectivity index (χ1n) is 7.15. The molecule has 3 nitrogen and oxygen atoms in total. The van der Waals surface area contributed by atoms with Crippen LogP contribution in [-0.4, -0.2) is 24.6 Å². The van der Waals surface area contributed by atoms with Crippen molar-refractivity contribution in [2.24, 2.45) is 0 Å². The minimum absolute atomic E-state index is 0.913. The van der Waals surface area contributed by atoms with Crippen LogP contribution >= 0.6 is 0 Å². The molecule has 1 aromatic heterocycles. The fraction of sp³-hybridized carbons (Fsp3) is 0.667. The van der Waals surface area contributed by atoms with Gasteiger partial charge in [0.25, 0.3) is 0 Å². The normalized spacial score (nSPS) is 10.7. The molecule has 18 heavy (non-hydrogen) atoms. The van der Waals surface area contributed by atoms with Crippen LogP contribution in [0.1, 0.15) is 44.9 Å². The largest absolute Gasteiger partial charge is 0.357 e. The van der Waals surface area contributed by atoms with Gasteiger partial charge in [-0.05, 0) is 38.4 Å². The number of pyridine rings is 1. The number of aryl methyl sites for hydroxylation is 1. The Morgan fingerprint density at radius 2 is 2.00 bits per heavy atom. The number of nitrogens with one attached hydrogen (secondary N) is 1. The van der Waals surface area contributed by atoms with Crippen molar-refractivity contribution in [3.8, 4) is 0 Å². The molecular weight excluding hydrogens is 222 g/mol. The summed E-state index contributed by atoms with van der Waals surface area (Å²) >= 11 is 0. The topological polar surface area (TPSA) is 28.2 Å². The summed E-state index contributed by atoms with van der Waals surface area (Å²) in [7, 11) is 0. The van der Waals surface area contributed by atoms with Gasteiger partial charge in [-0.2, -0.15) is 0 Å². The third-order valence-electron chi connectivity index (χ3n) is 3.23. The van der Waals surface area contributed by atoms with E-state index in [4.69, 9.17) is 4.98 Å². The van der Waals surface area contributed by atoms with Gasteiger partial charge in [-0.1, -0.05) is 26.3 Å². The van der Waals surface area contributed by atoms with Gasteiger partial charge in [0, 0.05) is 25.3 Å². The highest BCUT2D eigenvalue weighted by atomic mass is 15.2. The van der Waals surface area contributed by atoms with E-state index in [2.05, 4.69) is 50.0 Å². The van der Waals surface area contributed by atoms with Crippen molar-refractivity contribution < 1.29 is 0 Å².